The molecule has 2 amide bonds. The molecule has 236 valence electrons. The maximum absolute atomic E-state index is 14.6. The van der Waals surface area contributed by atoms with Crippen molar-refractivity contribution in [2.24, 2.45) is 0 Å². The van der Waals surface area contributed by atoms with Crippen LogP contribution in [0.15, 0.2) is 108 Å². The van der Waals surface area contributed by atoms with Crippen LogP contribution >= 0.6 is 0 Å². The molecule has 0 aromatic heterocycles. The third-order valence-electron chi connectivity index (χ3n) is 7.98. The number of carbonyl (C=O) groups is 2. The highest BCUT2D eigenvalue weighted by Crippen LogP contribution is 2.29. The van der Waals surface area contributed by atoms with Crippen molar-refractivity contribution >= 4 is 27.5 Å². The number of amides is 2. The molecular formula is C37H43N3O4S. The molecule has 8 heteroatoms. The summed E-state index contributed by atoms with van der Waals surface area (Å²) in [5.74, 6) is -0.758. The van der Waals surface area contributed by atoms with Gasteiger partial charge in [0.25, 0.3) is 10.0 Å². The maximum Gasteiger partial charge on any atom is 0.264 e. The van der Waals surface area contributed by atoms with Gasteiger partial charge in [0.2, 0.25) is 11.8 Å². The number of nitrogens with zero attached hydrogens (tertiary/aromatic N) is 2. The van der Waals surface area contributed by atoms with E-state index >= 15 is 0 Å². The molecule has 4 aromatic carbocycles. The number of anilines is 1. The van der Waals surface area contributed by atoms with Crippen molar-refractivity contribution in [2.75, 3.05) is 10.8 Å². The predicted molar refractivity (Wildman–Crippen MR) is 180 cm³/mol. The van der Waals surface area contributed by atoms with Gasteiger partial charge in [0, 0.05) is 19.0 Å². The fraction of sp³-hybridized carbons (Fsp3) is 0.297. The highest BCUT2D eigenvalue weighted by molar-refractivity contribution is 7.92. The maximum atomic E-state index is 14.6. The Hall–Kier alpha value is -4.43. The van der Waals surface area contributed by atoms with E-state index in [1.165, 1.54) is 9.21 Å². The van der Waals surface area contributed by atoms with E-state index in [9.17, 15) is 18.0 Å². The predicted octanol–water partition coefficient (Wildman–Crippen LogP) is 6.36. The zero-order chi connectivity index (χ0) is 32.6. The lowest BCUT2D eigenvalue weighted by Gasteiger charge is -2.34. The first-order valence-corrected chi connectivity index (χ1v) is 16.8. The minimum Gasteiger partial charge on any atom is -0.352 e. The molecule has 1 N–H and O–H groups in total. The van der Waals surface area contributed by atoms with E-state index in [1.807, 2.05) is 107 Å². The summed E-state index contributed by atoms with van der Waals surface area (Å²) >= 11 is 0. The van der Waals surface area contributed by atoms with Crippen molar-refractivity contribution in [2.45, 2.75) is 71.0 Å². The molecule has 0 saturated carbocycles. The number of aryl methyl sites for hydroxylation is 3. The summed E-state index contributed by atoms with van der Waals surface area (Å²) in [6.07, 6.45) is 1.00. The van der Waals surface area contributed by atoms with Gasteiger partial charge < -0.3 is 10.2 Å². The van der Waals surface area contributed by atoms with E-state index in [0.29, 0.717) is 5.69 Å². The van der Waals surface area contributed by atoms with Gasteiger partial charge in [-0.3, -0.25) is 13.9 Å². The molecule has 45 heavy (non-hydrogen) atoms. The SMILES string of the molecule is CCC(C)NC(=O)C(Cc1ccccc1)N(Cc1ccccc1)C(=O)CN(c1ccc(C)cc1C)S(=O)(=O)c1ccc(C)cc1. The van der Waals surface area contributed by atoms with Crippen LogP contribution in [-0.4, -0.2) is 43.8 Å². The summed E-state index contributed by atoms with van der Waals surface area (Å²) in [4.78, 5) is 30.1. The summed E-state index contributed by atoms with van der Waals surface area (Å²) in [6, 6.07) is 30.1. The molecule has 0 saturated heterocycles. The second-order valence-corrected chi connectivity index (χ2v) is 13.5. The second-order valence-electron chi connectivity index (χ2n) is 11.6. The average Bonchev–Trinajstić information content (AvgIpc) is 3.02. The Morgan fingerprint density at radius 2 is 1.36 bits per heavy atom. The highest BCUT2D eigenvalue weighted by Gasteiger charge is 2.35. The molecule has 4 aromatic rings. The van der Waals surface area contributed by atoms with E-state index in [0.717, 1.165) is 34.2 Å². The zero-order valence-corrected chi connectivity index (χ0v) is 27.6. The number of hydrogen-bond donors (Lipinski definition) is 1. The fourth-order valence-electron chi connectivity index (χ4n) is 5.21. The lowest BCUT2D eigenvalue weighted by Crippen LogP contribution is -2.54. The molecule has 4 rings (SSSR count). The molecule has 0 spiro atoms. The summed E-state index contributed by atoms with van der Waals surface area (Å²) in [5, 5.41) is 3.07. The van der Waals surface area contributed by atoms with Gasteiger partial charge >= 0.3 is 0 Å². The van der Waals surface area contributed by atoms with Crippen LogP contribution in [0.2, 0.25) is 0 Å². The average molecular weight is 626 g/mol. The van der Waals surface area contributed by atoms with Crippen LogP contribution in [0.3, 0.4) is 0 Å². The van der Waals surface area contributed by atoms with Crippen LogP contribution in [0.1, 0.15) is 48.1 Å². The Labute approximate surface area is 268 Å². The molecule has 2 atom stereocenters. The van der Waals surface area contributed by atoms with E-state index in [2.05, 4.69) is 5.32 Å². The van der Waals surface area contributed by atoms with Gasteiger partial charge in [-0.2, -0.15) is 0 Å². The third-order valence-corrected chi connectivity index (χ3v) is 9.75. The summed E-state index contributed by atoms with van der Waals surface area (Å²) in [7, 11) is -4.15. The van der Waals surface area contributed by atoms with Gasteiger partial charge in [0.05, 0.1) is 10.6 Å². The quantitative estimate of drug-likeness (QED) is 0.187. The van der Waals surface area contributed by atoms with Crippen LogP contribution in [0.25, 0.3) is 0 Å². The normalized spacial score (nSPS) is 12.6. The van der Waals surface area contributed by atoms with Gasteiger partial charge in [-0.25, -0.2) is 8.42 Å². The van der Waals surface area contributed by atoms with Gasteiger partial charge in [-0.1, -0.05) is 103 Å². The monoisotopic (exact) mass is 625 g/mol. The second kappa shape index (κ2) is 15.0. The van der Waals surface area contributed by atoms with Crippen LogP contribution in [0.5, 0.6) is 0 Å². The Morgan fingerprint density at radius 3 is 1.93 bits per heavy atom. The Bertz CT molecular complexity index is 1690. The first kappa shape index (κ1) is 33.5. The van der Waals surface area contributed by atoms with E-state index in [4.69, 9.17) is 0 Å². The first-order valence-electron chi connectivity index (χ1n) is 15.3. The van der Waals surface area contributed by atoms with Gasteiger partial charge in [-0.05, 0) is 69.0 Å². The Morgan fingerprint density at radius 1 is 0.778 bits per heavy atom. The van der Waals surface area contributed by atoms with Crippen molar-refractivity contribution in [1.82, 2.24) is 10.2 Å². The molecule has 0 radical (unpaired) electrons. The van der Waals surface area contributed by atoms with Crippen LogP contribution in [0.4, 0.5) is 5.69 Å². The third kappa shape index (κ3) is 8.60. The lowest BCUT2D eigenvalue weighted by molar-refractivity contribution is -0.140. The molecule has 0 bridgehead atoms. The van der Waals surface area contributed by atoms with Crippen molar-refractivity contribution in [3.8, 4) is 0 Å². The number of nitrogens with one attached hydrogen (secondary N) is 1. The van der Waals surface area contributed by atoms with E-state index in [1.54, 1.807) is 30.3 Å². The van der Waals surface area contributed by atoms with Crippen molar-refractivity contribution in [1.29, 1.82) is 0 Å². The minimum atomic E-state index is -4.15. The van der Waals surface area contributed by atoms with Crippen molar-refractivity contribution in [3.63, 3.8) is 0 Å². The Kier molecular flexibility index (Phi) is 11.2. The number of benzene rings is 4. The van der Waals surface area contributed by atoms with Crippen LogP contribution in [-0.2, 0) is 32.6 Å². The molecule has 0 heterocycles. The molecule has 0 aliphatic carbocycles. The zero-order valence-electron chi connectivity index (χ0n) is 26.7. The Balaban J connectivity index is 1.82. The molecule has 0 fully saturated rings. The van der Waals surface area contributed by atoms with Gasteiger partial charge in [0.15, 0.2) is 0 Å². The molecule has 2 unspecified atom stereocenters. The smallest absolute Gasteiger partial charge is 0.264 e. The van der Waals surface area contributed by atoms with E-state index < -0.39 is 28.5 Å². The standard InChI is InChI=1S/C37H43N3O4S/c1-6-30(5)38-37(42)35(24-31-13-9-7-10-14-31)39(25-32-15-11-8-12-16-32)36(41)26-40(34-22-19-28(3)23-29(34)4)45(43,44)33-20-17-27(2)18-21-33/h7-23,30,35H,6,24-26H2,1-5H3,(H,38,42). The van der Waals surface area contributed by atoms with Gasteiger partial charge in [0.1, 0.15) is 12.6 Å². The molecule has 7 nitrogen and oxygen atoms in total. The summed E-state index contributed by atoms with van der Waals surface area (Å²) < 4.78 is 29.7. The molecule has 0 aliphatic heterocycles. The highest BCUT2D eigenvalue weighted by atomic mass is 32.2. The van der Waals surface area contributed by atoms with E-state index in [-0.39, 0.29) is 29.8 Å². The number of sulfonamides is 1. The molecular weight excluding hydrogens is 582 g/mol. The van der Waals surface area contributed by atoms with Gasteiger partial charge in [-0.15, -0.1) is 0 Å². The number of rotatable bonds is 13. The number of hydrogen-bond acceptors (Lipinski definition) is 4. The molecule has 0 aliphatic rings. The summed E-state index contributed by atoms with van der Waals surface area (Å²) in [6.45, 7) is 9.24. The van der Waals surface area contributed by atoms with Crippen molar-refractivity contribution in [3.05, 3.63) is 131 Å². The largest absolute Gasteiger partial charge is 0.352 e. The van der Waals surface area contributed by atoms with Crippen LogP contribution < -0.4 is 9.62 Å². The van der Waals surface area contributed by atoms with Crippen LogP contribution in [0, 0.1) is 20.8 Å². The lowest BCUT2D eigenvalue weighted by atomic mass is 10.0. The fourth-order valence-corrected chi connectivity index (χ4v) is 6.69. The summed E-state index contributed by atoms with van der Waals surface area (Å²) in [5.41, 5.74) is 4.77. The number of carbonyl (C=O) groups excluding carboxylic acids is 2. The topological polar surface area (TPSA) is 86.8 Å². The minimum absolute atomic E-state index is 0.0887. The first-order chi connectivity index (χ1) is 21.5. The van der Waals surface area contributed by atoms with Crippen molar-refractivity contribution < 1.29 is 18.0 Å².